The SMILES string of the molecule is O=C(COC(=O)c1ccc(NC(=O)c2ccc(Cl)cc2)cc1)c1ccc(Cl)c([N+](=O)[O-])c1. The molecule has 0 saturated heterocycles. The summed E-state index contributed by atoms with van der Waals surface area (Å²) < 4.78 is 4.99. The van der Waals surface area contributed by atoms with Crippen molar-refractivity contribution in [2.75, 3.05) is 11.9 Å². The third-order valence-electron chi connectivity index (χ3n) is 4.28. The standard InChI is InChI=1S/C22H14Cl2N2O6/c23-16-6-1-13(2-7-16)21(28)25-17-8-3-14(4-9-17)22(29)32-12-20(27)15-5-10-18(24)19(11-15)26(30)31/h1-11H,12H2,(H,25,28). The predicted molar refractivity (Wildman–Crippen MR) is 119 cm³/mol. The molecule has 0 bridgehead atoms. The van der Waals surface area contributed by atoms with Gasteiger partial charge in [-0.1, -0.05) is 23.2 Å². The van der Waals surface area contributed by atoms with Gasteiger partial charge in [-0.3, -0.25) is 19.7 Å². The minimum atomic E-state index is -0.766. The second-order valence-corrected chi connectivity index (χ2v) is 7.30. The zero-order valence-corrected chi connectivity index (χ0v) is 17.7. The molecule has 32 heavy (non-hydrogen) atoms. The summed E-state index contributed by atoms with van der Waals surface area (Å²) in [7, 11) is 0. The van der Waals surface area contributed by atoms with Crippen LogP contribution in [-0.2, 0) is 4.74 Å². The summed E-state index contributed by atoms with van der Waals surface area (Å²) in [6, 6.07) is 15.8. The Balaban J connectivity index is 1.58. The summed E-state index contributed by atoms with van der Waals surface area (Å²) in [6.45, 7) is -0.604. The van der Waals surface area contributed by atoms with E-state index >= 15 is 0 Å². The van der Waals surface area contributed by atoms with Gasteiger partial charge < -0.3 is 10.1 Å². The number of ether oxygens (including phenoxy) is 1. The van der Waals surface area contributed by atoms with Crippen molar-refractivity contribution in [2.24, 2.45) is 0 Å². The van der Waals surface area contributed by atoms with Gasteiger partial charge in [0, 0.05) is 27.9 Å². The third kappa shape index (κ3) is 5.69. The maximum Gasteiger partial charge on any atom is 0.338 e. The molecule has 3 aromatic carbocycles. The van der Waals surface area contributed by atoms with Crippen molar-refractivity contribution in [1.82, 2.24) is 0 Å². The van der Waals surface area contributed by atoms with E-state index in [4.69, 9.17) is 27.9 Å². The van der Waals surface area contributed by atoms with Crippen molar-refractivity contribution in [3.63, 3.8) is 0 Å². The lowest BCUT2D eigenvalue weighted by molar-refractivity contribution is -0.384. The van der Waals surface area contributed by atoms with E-state index in [1.165, 1.54) is 36.4 Å². The molecular weight excluding hydrogens is 459 g/mol. The number of nitrogens with zero attached hydrogens (tertiary/aromatic N) is 1. The van der Waals surface area contributed by atoms with E-state index in [9.17, 15) is 24.5 Å². The Bertz CT molecular complexity index is 1190. The van der Waals surface area contributed by atoms with E-state index in [0.29, 0.717) is 16.3 Å². The van der Waals surface area contributed by atoms with Crippen LogP contribution >= 0.6 is 23.2 Å². The van der Waals surface area contributed by atoms with Gasteiger partial charge in [-0.2, -0.15) is 0 Å². The van der Waals surface area contributed by atoms with Gasteiger partial charge in [0.1, 0.15) is 5.02 Å². The first-order valence-corrected chi connectivity index (χ1v) is 9.81. The lowest BCUT2D eigenvalue weighted by Gasteiger charge is -2.07. The molecule has 0 aliphatic heterocycles. The smallest absolute Gasteiger partial charge is 0.338 e. The van der Waals surface area contributed by atoms with Gasteiger partial charge in [-0.05, 0) is 60.7 Å². The number of hydrogen-bond acceptors (Lipinski definition) is 6. The molecule has 3 aromatic rings. The number of anilines is 1. The zero-order valence-electron chi connectivity index (χ0n) is 16.2. The molecule has 0 heterocycles. The van der Waals surface area contributed by atoms with Gasteiger partial charge in [0.05, 0.1) is 10.5 Å². The molecule has 0 fully saturated rings. The minimum Gasteiger partial charge on any atom is -0.454 e. The summed E-state index contributed by atoms with van der Waals surface area (Å²) in [5.74, 6) is -1.73. The molecule has 0 atom stereocenters. The number of carbonyl (C=O) groups is 3. The van der Waals surface area contributed by atoms with E-state index in [1.807, 2.05) is 0 Å². The molecule has 0 unspecified atom stereocenters. The number of rotatable bonds is 7. The maximum absolute atomic E-state index is 12.2. The Morgan fingerprint density at radius 1 is 0.875 bits per heavy atom. The van der Waals surface area contributed by atoms with Crippen LogP contribution in [0.2, 0.25) is 10.0 Å². The fourth-order valence-electron chi connectivity index (χ4n) is 2.62. The third-order valence-corrected chi connectivity index (χ3v) is 4.86. The number of ketones is 1. The zero-order chi connectivity index (χ0) is 23.3. The second kappa shape index (κ2) is 10.0. The van der Waals surface area contributed by atoms with Gasteiger partial charge >= 0.3 is 5.97 Å². The van der Waals surface area contributed by atoms with Gasteiger partial charge in [0.2, 0.25) is 5.78 Å². The predicted octanol–water partition coefficient (Wildman–Crippen LogP) is 5.19. The molecule has 3 rings (SSSR count). The van der Waals surface area contributed by atoms with E-state index in [1.54, 1.807) is 24.3 Å². The molecule has 1 amide bonds. The van der Waals surface area contributed by atoms with Crippen molar-refractivity contribution < 1.29 is 24.0 Å². The molecule has 0 saturated carbocycles. The largest absolute Gasteiger partial charge is 0.454 e. The van der Waals surface area contributed by atoms with Crippen LogP contribution in [0.5, 0.6) is 0 Å². The molecule has 162 valence electrons. The van der Waals surface area contributed by atoms with Gasteiger partial charge in [0.25, 0.3) is 11.6 Å². The number of hydrogen-bond donors (Lipinski definition) is 1. The van der Waals surface area contributed by atoms with Crippen LogP contribution in [0.4, 0.5) is 11.4 Å². The Hall–Kier alpha value is -3.75. The number of esters is 1. The Kier molecular flexibility index (Phi) is 7.19. The number of halogens is 2. The number of nitro groups is 1. The van der Waals surface area contributed by atoms with Crippen LogP contribution < -0.4 is 5.32 Å². The molecule has 0 aromatic heterocycles. The molecular formula is C22H14Cl2N2O6. The van der Waals surface area contributed by atoms with E-state index in [2.05, 4.69) is 5.32 Å². The van der Waals surface area contributed by atoms with E-state index in [0.717, 1.165) is 6.07 Å². The Morgan fingerprint density at radius 2 is 1.47 bits per heavy atom. The average molecular weight is 473 g/mol. The first-order chi connectivity index (χ1) is 15.2. The Labute approximate surface area is 191 Å². The lowest BCUT2D eigenvalue weighted by Crippen LogP contribution is -2.15. The van der Waals surface area contributed by atoms with Crippen LogP contribution in [0.25, 0.3) is 0 Å². The topological polar surface area (TPSA) is 116 Å². The highest BCUT2D eigenvalue weighted by Crippen LogP contribution is 2.25. The summed E-state index contributed by atoms with van der Waals surface area (Å²) in [5, 5.41) is 14.0. The molecule has 8 nitrogen and oxygen atoms in total. The summed E-state index contributed by atoms with van der Waals surface area (Å²) in [6.07, 6.45) is 0. The van der Waals surface area contributed by atoms with E-state index < -0.39 is 29.0 Å². The average Bonchev–Trinajstić information content (AvgIpc) is 2.78. The minimum absolute atomic E-state index is 0.00541. The van der Waals surface area contributed by atoms with Crippen LogP contribution in [0.1, 0.15) is 31.1 Å². The first kappa shape index (κ1) is 22.9. The van der Waals surface area contributed by atoms with Crippen LogP contribution in [0, 0.1) is 10.1 Å². The summed E-state index contributed by atoms with van der Waals surface area (Å²) in [5.41, 5.74) is 0.600. The second-order valence-electron chi connectivity index (χ2n) is 6.46. The molecule has 0 aliphatic rings. The monoisotopic (exact) mass is 472 g/mol. The highest BCUT2D eigenvalue weighted by molar-refractivity contribution is 6.32. The van der Waals surface area contributed by atoms with E-state index in [-0.39, 0.29) is 22.1 Å². The van der Waals surface area contributed by atoms with Gasteiger partial charge in [-0.25, -0.2) is 4.79 Å². The fourth-order valence-corrected chi connectivity index (χ4v) is 2.93. The molecule has 0 aliphatic carbocycles. The van der Waals surface area contributed by atoms with Crippen molar-refractivity contribution in [3.8, 4) is 0 Å². The summed E-state index contributed by atoms with van der Waals surface area (Å²) in [4.78, 5) is 46.8. The maximum atomic E-state index is 12.2. The van der Waals surface area contributed by atoms with Gasteiger partial charge in [-0.15, -0.1) is 0 Å². The molecule has 1 N–H and O–H groups in total. The molecule has 0 radical (unpaired) electrons. The summed E-state index contributed by atoms with van der Waals surface area (Å²) >= 11 is 11.5. The number of carbonyl (C=O) groups excluding carboxylic acids is 3. The normalized spacial score (nSPS) is 10.3. The number of nitrogens with one attached hydrogen (secondary N) is 1. The fraction of sp³-hybridized carbons (Fsp3) is 0.0455. The van der Waals surface area contributed by atoms with Crippen LogP contribution in [0.15, 0.2) is 66.7 Å². The van der Waals surface area contributed by atoms with Gasteiger partial charge in [0.15, 0.2) is 6.61 Å². The van der Waals surface area contributed by atoms with Crippen molar-refractivity contribution in [3.05, 3.63) is 104 Å². The van der Waals surface area contributed by atoms with Crippen molar-refractivity contribution in [1.29, 1.82) is 0 Å². The van der Waals surface area contributed by atoms with Crippen LogP contribution in [-0.4, -0.2) is 29.2 Å². The van der Waals surface area contributed by atoms with Crippen molar-refractivity contribution in [2.45, 2.75) is 0 Å². The highest BCUT2D eigenvalue weighted by Gasteiger charge is 2.18. The lowest BCUT2D eigenvalue weighted by atomic mass is 10.1. The quantitative estimate of drug-likeness (QED) is 0.219. The number of nitro benzene ring substituents is 1. The van der Waals surface area contributed by atoms with Crippen molar-refractivity contribution >= 4 is 52.2 Å². The first-order valence-electron chi connectivity index (χ1n) is 9.06. The molecule has 0 spiro atoms. The Morgan fingerprint density at radius 3 is 2.09 bits per heavy atom. The van der Waals surface area contributed by atoms with Crippen LogP contribution in [0.3, 0.4) is 0 Å². The highest BCUT2D eigenvalue weighted by atomic mass is 35.5. The number of amides is 1. The molecule has 10 heteroatoms. The number of Topliss-reactive ketones (excluding diaryl/α,β-unsaturated/α-hetero) is 1. The number of benzene rings is 3.